The highest BCUT2D eigenvalue weighted by Crippen LogP contribution is 2.20. The molecular weight excluding hydrogens is 240 g/mol. The molecule has 0 unspecified atom stereocenters. The van der Waals surface area contributed by atoms with Crippen LogP contribution in [-0.4, -0.2) is 16.7 Å². The summed E-state index contributed by atoms with van der Waals surface area (Å²) in [6, 6.07) is 8.81. The SMILES string of the molecule is C=CC[Si](C)(C)OS(=O)(=O)c1ccccc1. The normalized spacial score (nSPS) is 12.4. The molecule has 3 nitrogen and oxygen atoms in total. The second-order valence-corrected chi connectivity index (χ2v) is 10.1. The highest BCUT2D eigenvalue weighted by molar-refractivity contribution is 7.87. The third-order valence-electron chi connectivity index (χ3n) is 2.00. The molecule has 0 aliphatic carbocycles. The Bertz CT molecular complexity index is 451. The van der Waals surface area contributed by atoms with Gasteiger partial charge in [-0.15, -0.1) is 6.58 Å². The molecule has 1 rings (SSSR count). The maximum Gasteiger partial charge on any atom is 0.287 e. The van der Waals surface area contributed by atoms with Gasteiger partial charge in [0.15, 0.2) is 0 Å². The van der Waals surface area contributed by atoms with Crippen molar-refractivity contribution in [1.82, 2.24) is 0 Å². The van der Waals surface area contributed by atoms with Crippen LogP contribution in [0.1, 0.15) is 0 Å². The lowest BCUT2D eigenvalue weighted by Gasteiger charge is -2.20. The summed E-state index contributed by atoms with van der Waals surface area (Å²) in [5, 5.41) is 0. The minimum atomic E-state index is -3.63. The molecule has 0 radical (unpaired) electrons. The molecule has 0 fully saturated rings. The Labute approximate surface area is 98.0 Å². The molecule has 0 amide bonds. The molecule has 0 saturated carbocycles. The third kappa shape index (κ3) is 3.59. The molecule has 1 aromatic rings. The maximum atomic E-state index is 11.9. The van der Waals surface area contributed by atoms with Crippen LogP contribution in [0, 0.1) is 0 Å². The summed E-state index contributed by atoms with van der Waals surface area (Å²) in [5.74, 6) is 0. The van der Waals surface area contributed by atoms with Crippen molar-refractivity contribution >= 4 is 18.4 Å². The van der Waals surface area contributed by atoms with Gasteiger partial charge in [-0.25, -0.2) is 0 Å². The molecule has 0 N–H and O–H groups in total. The van der Waals surface area contributed by atoms with E-state index in [2.05, 4.69) is 6.58 Å². The van der Waals surface area contributed by atoms with Crippen molar-refractivity contribution in [2.24, 2.45) is 0 Å². The lowest BCUT2D eigenvalue weighted by atomic mass is 10.4. The number of benzene rings is 1. The third-order valence-corrected chi connectivity index (χ3v) is 6.81. The first kappa shape index (κ1) is 13.2. The zero-order valence-electron chi connectivity index (χ0n) is 9.51. The largest absolute Gasteiger partial charge is 0.311 e. The maximum absolute atomic E-state index is 11.9. The Kier molecular flexibility index (Phi) is 4.07. The second kappa shape index (κ2) is 4.95. The predicted molar refractivity (Wildman–Crippen MR) is 67.2 cm³/mol. The first-order chi connectivity index (χ1) is 7.37. The van der Waals surface area contributed by atoms with Gasteiger partial charge in [-0.2, -0.15) is 8.42 Å². The van der Waals surface area contributed by atoms with E-state index in [1.807, 2.05) is 13.1 Å². The van der Waals surface area contributed by atoms with E-state index in [4.69, 9.17) is 3.87 Å². The van der Waals surface area contributed by atoms with Gasteiger partial charge in [0.1, 0.15) is 0 Å². The van der Waals surface area contributed by atoms with Gasteiger partial charge >= 0.3 is 0 Å². The zero-order valence-corrected chi connectivity index (χ0v) is 11.3. The second-order valence-electron chi connectivity index (χ2n) is 4.10. The highest BCUT2D eigenvalue weighted by atomic mass is 32.2. The Morgan fingerprint density at radius 2 is 1.88 bits per heavy atom. The number of rotatable bonds is 5. The monoisotopic (exact) mass is 256 g/mol. The van der Waals surface area contributed by atoms with Crippen molar-refractivity contribution in [3.8, 4) is 0 Å². The van der Waals surface area contributed by atoms with Gasteiger partial charge in [-0.05, 0) is 31.3 Å². The summed E-state index contributed by atoms with van der Waals surface area (Å²) in [6.07, 6.45) is 1.70. The van der Waals surface area contributed by atoms with Crippen LogP contribution in [0.15, 0.2) is 47.9 Å². The van der Waals surface area contributed by atoms with Crippen LogP contribution in [-0.2, 0) is 14.0 Å². The molecule has 0 saturated heterocycles. The fourth-order valence-electron chi connectivity index (χ4n) is 1.31. The van der Waals surface area contributed by atoms with Crippen molar-refractivity contribution in [2.75, 3.05) is 0 Å². The minimum absolute atomic E-state index is 0.208. The van der Waals surface area contributed by atoms with Gasteiger partial charge in [0.25, 0.3) is 10.1 Å². The van der Waals surface area contributed by atoms with E-state index < -0.39 is 18.4 Å². The smallest absolute Gasteiger partial charge is 0.287 e. The fourth-order valence-corrected chi connectivity index (χ4v) is 5.53. The van der Waals surface area contributed by atoms with Crippen molar-refractivity contribution in [2.45, 2.75) is 24.0 Å². The van der Waals surface area contributed by atoms with Crippen LogP contribution in [0.2, 0.25) is 19.1 Å². The molecule has 0 bridgehead atoms. The average Bonchev–Trinajstić information content (AvgIpc) is 2.17. The summed E-state index contributed by atoms with van der Waals surface area (Å²) in [4.78, 5) is 0.208. The molecule has 0 heterocycles. The quantitative estimate of drug-likeness (QED) is 0.601. The summed E-state index contributed by atoms with van der Waals surface area (Å²) in [6.45, 7) is 7.32. The van der Waals surface area contributed by atoms with Crippen LogP contribution in [0.4, 0.5) is 0 Å². The topological polar surface area (TPSA) is 43.4 Å². The lowest BCUT2D eigenvalue weighted by molar-refractivity contribution is 0.483. The number of allylic oxidation sites excluding steroid dienone is 1. The van der Waals surface area contributed by atoms with Crippen molar-refractivity contribution in [3.05, 3.63) is 43.0 Å². The molecular formula is C11H16O3SSi. The molecule has 0 aliphatic heterocycles. The van der Waals surface area contributed by atoms with Crippen molar-refractivity contribution in [3.63, 3.8) is 0 Å². The Hall–Kier alpha value is -0.913. The molecule has 16 heavy (non-hydrogen) atoms. The van der Waals surface area contributed by atoms with E-state index >= 15 is 0 Å². The average molecular weight is 256 g/mol. The summed E-state index contributed by atoms with van der Waals surface area (Å²) in [5.41, 5.74) is 0. The van der Waals surface area contributed by atoms with Crippen LogP contribution < -0.4 is 0 Å². The Morgan fingerprint density at radius 1 is 1.31 bits per heavy atom. The van der Waals surface area contributed by atoms with Crippen LogP contribution in [0.25, 0.3) is 0 Å². The van der Waals surface area contributed by atoms with Crippen molar-refractivity contribution in [1.29, 1.82) is 0 Å². The van der Waals surface area contributed by atoms with Gasteiger partial charge in [0.2, 0.25) is 8.32 Å². The Balaban J connectivity index is 2.93. The lowest BCUT2D eigenvalue weighted by Crippen LogP contribution is -2.32. The zero-order chi connectivity index (χ0) is 12.2. The van der Waals surface area contributed by atoms with Gasteiger partial charge in [-0.3, -0.25) is 0 Å². The van der Waals surface area contributed by atoms with Crippen LogP contribution in [0.3, 0.4) is 0 Å². The van der Waals surface area contributed by atoms with Gasteiger partial charge in [0.05, 0.1) is 4.90 Å². The van der Waals surface area contributed by atoms with E-state index in [1.54, 1.807) is 24.3 Å². The number of hydrogen-bond acceptors (Lipinski definition) is 3. The van der Waals surface area contributed by atoms with E-state index in [1.165, 1.54) is 12.1 Å². The first-order valence-corrected chi connectivity index (χ1v) is 9.51. The summed E-state index contributed by atoms with van der Waals surface area (Å²) >= 11 is 0. The van der Waals surface area contributed by atoms with Crippen LogP contribution in [0.5, 0.6) is 0 Å². The summed E-state index contributed by atoms with van der Waals surface area (Å²) in [7, 11) is -5.85. The van der Waals surface area contributed by atoms with Gasteiger partial charge in [-0.1, -0.05) is 24.3 Å². The van der Waals surface area contributed by atoms with Crippen molar-refractivity contribution < 1.29 is 12.3 Å². The van der Waals surface area contributed by atoms with Gasteiger partial charge < -0.3 is 3.87 Å². The predicted octanol–water partition coefficient (Wildman–Crippen LogP) is 2.78. The van der Waals surface area contributed by atoms with E-state index in [9.17, 15) is 8.42 Å². The van der Waals surface area contributed by atoms with E-state index in [-0.39, 0.29) is 4.90 Å². The Morgan fingerprint density at radius 3 is 2.38 bits per heavy atom. The molecule has 0 atom stereocenters. The minimum Gasteiger partial charge on any atom is -0.311 e. The molecule has 88 valence electrons. The molecule has 1 aromatic carbocycles. The number of hydrogen-bond donors (Lipinski definition) is 0. The molecule has 0 aliphatic rings. The first-order valence-electron chi connectivity index (χ1n) is 4.99. The fraction of sp³-hybridized carbons (Fsp3) is 0.273. The standard InChI is InChI=1S/C11H16O3SSi/c1-4-10-16(2,3)14-15(12,13)11-8-6-5-7-9-11/h4-9H,1,10H2,2-3H3. The van der Waals surface area contributed by atoms with Crippen LogP contribution >= 0.6 is 0 Å². The summed E-state index contributed by atoms with van der Waals surface area (Å²) < 4.78 is 29.1. The molecule has 5 heteroatoms. The molecule has 0 spiro atoms. The van der Waals surface area contributed by atoms with E-state index in [0.29, 0.717) is 6.04 Å². The van der Waals surface area contributed by atoms with E-state index in [0.717, 1.165) is 0 Å². The highest BCUT2D eigenvalue weighted by Gasteiger charge is 2.29. The van der Waals surface area contributed by atoms with Gasteiger partial charge in [0, 0.05) is 0 Å². The molecule has 0 aromatic heterocycles.